The van der Waals surface area contributed by atoms with E-state index in [2.05, 4.69) is 17.0 Å². The molecule has 0 radical (unpaired) electrons. The first-order valence-corrected chi connectivity index (χ1v) is 9.02. The summed E-state index contributed by atoms with van der Waals surface area (Å²) in [7, 11) is 0. The van der Waals surface area contributed by atoms with Gasteiger partial charge in [0, 0.05) is 13.1 Å². The highest BCUT2D eigenvalue weighted by atomic mass is 35.5. The SMILES string of the molecule is CCOC(=O)C1CCN(c2cc3ccsc3c(Cl)c2Cl)CC1. The van der Waals surface area contributed by atoms with Crippen LogP contribution in [0.4, 0.5) is 5.69 Å². The van der Waals surface area contributed by atoms with E-state index in [0.717, 1.165) is 41.7 Å². The van der Waals surface area contributed by atoms with Gasteiger partial charge in [0.1, 0.15) is 0 Å². The number of carbonyl (C=O) groups excluding carboxylic acids is 1. The highest BCUT2D eigenvalue weighted by Crippen LogP contribution is 2.42. The van der Waals surface area contributed by atoms with E-state index in [0.29, 0.717) is 16.7 Å². The molecular formula is C16H17Cl2NO2S. The molecule has 1 saturated heterocycles. The summed E-state index contributed by atoms with van der Waals surface area (Å²) in [6, 6.07) is 4.14. The van der Waals surface area contributed by atoms with Crippen molar-refractivity contribution < 1.29 is 9.53 Å². The number of hydrogen-bond donors (Lipinski definition) is 0. The fraction of sp³-hybridized carbons (Fsp3) is 0.438. The highest BCUT2D eigenvalue weighted by Gasteiger charge is 2.27. The summed E-state index contributed by atoms with van der Waals surface area (Å²) in [6.45, 7) is 3.85. The predicted molar refractivity (Wildman–Crippen MR) is 93.4 cm³/mol. The number of rotatable bonds is 3. The molecule has 0 spiro atoms. The molecule has 118 valence electrons. The van der Waals surface area contributed by atoms with Gasteiger partial charge in [-0.2, -0.15) is 0 Å². The van der Waals surface area contributed by atoms with Crippen molar-refractivity contribution in [2.45, 2.75) is 19.8 Å². The number of carbonyl (C=O) groups is 1. The van der Waals surface area contributed by atoms with Crippen LogP contribution in [0, 0.1) is 5.92 Å². The standard InChI is InChI=1S/C16H17Cl2NO2S/c1-2-21-16(20)10-3-6-19(7-4-10)12-9-11-5-8-22-15(11)14(18)13(12)17/h5,8-10H,2-4,6-7H2,1H3. The van der Waals surface area contributed by atoms with Crippen LogP contribution in [0.1, 0.15) is 19.8 Å². The third-order valence-corrected chi connectivity index (χ3v) is 5.98. The normalized spacial score (nSPS) is 16.2. The van der Waals surface area contributed by atoms with Gasteiger partial charge in [-0.25, -0.2) is 0 Å². The summed E-state index contributed by atoms with van der Waals surface area (Å²) in [5.74, 6) is -0.0881. The molecule has 0 aliphatic carbocycles. The average Bonchev–Trinajstić information content (AvgIpc) is 3.00. The number of hydrogen-bond acceptors (Lipinski definition) is 4. The molecule has 1 aromatic heterocycles. The Labute approximate surface area is 143 Å². The summed E-state index contributed by atoms with van der Waals surface area (Å²) in [5.41, 5.74) is 0.958. The minimum absolute atomic E-state index is 0.00433. The molecule has 0 saturated carbocycles. The fourth-order valence-electron chi connectivity index (χ4n) is 2.88. The van der Waals surface area contributed by atoms with Crippen molar-refractivity contribution in [2.24, 2.45) is 5.92 Å². The quantitative estimate of drug-likeness (QED) is 0.724. The van der Waals surface area contributed by atoms with E-state index in [-0.39, 0.29) is 11.9 Å². The zero-order valence-electron chi connectivity index (χ0n) is 12.3. The molecule has 1 fully saturated rings. The maximum Gasteiger partial charge on any atom is 0.309 e. The van der Waals surface area contributed by atoms with Gasteiger partial charge >= 0.3 is 5.97 Å². The minimum atomic E-state index is -0.0837. The van der Waals surface area contributed by atoms with E-state index in [1.165, 1.54) is 0 Å². The second-order valence-corrected chi connectivity index (χ2v) is 7.05. The Morgan fingerprint density at radius 3 is 2.77 bits per heavy atom. The van der Waals surface area contributed by atoms with Crippen LogP contribution in [0.2, 0.25) is 10.0 Å². The van der Waals surface area contributed by atoms with Crippen LogP contribution in [0.5, 0.6) is 0 Å². The molecule has 1 aliphatic rings. The summed E-state index contributed by atoms with van der Waals surface area (Å²) < 4.78 is 6.13. The first-order chi connectivity index (χ1) is 10.6. The van der Waals surface area contributed by atoms with Gasteiger partial charge in [-0.3, -0.25) is 4.79 Å². The third kappa shape index (κ3) is 2.92. The van der Waals surface area contributed by atoms with E-state index in [1.807, 2.05) is 12.3 Å². The number of fused-ring (bicyclic) bond motifs is 1. The van der Waals surface area contributed by atoms with Gasteiger partial charge in [-0.15, -0.1) is 11.3 Å². The van der Waals surface area contributed by atoms with Crippen LogP contribution < -0.4 is 4.90 Å². The zero-order chi connectivity index (χ0) is 15.7. The van der Waals surface area contributed by atoms with E-state index < -0.39 is 0 Å². The Morgan fingerprint density at radius 1 is 1.36 bits per heavy atom. The average molecular weight is 358 g/mol. The van der Waals surface area contributed by atoms with Crippen LogP contribution >= 0.6 is 34.5 Å². The van der Waals surface area contributed by atoms with E-state index in [1.54, 1.807) is 11.3 Å². The molecule has 0 atom stereocenters. The summed E-state index contributed by atoms with van der Waals surface area (Å²) >= 11 is 14.4. The van der Waals surface area contributed by atoms with Crippen LogP contribution in [0.3, 0.4) is 0 Å². The third-order valence-electron chi connectivity index (χ3n) is 4.06. The van der Waals surface area contributed by atoms with Crippen LogP contribution in [0.25, 0.3) is 10.1 Å². The number of benzene rings is 1. The molecule has 6 heteroatoms. The molecule has 0 unspecified atom stereocenters. The molecule has 1 aliphatic heterocycles. The van der Waals surface area contributed by atoms with Gasteiger partial charge in [0.2, 0.25) is 0 Å². The molecule has 2 aromatic rings. The van der Waals surface area contributed by atoms with E-state index in [4.69, 9.17) is 27.9 Å². The highest BCUT2D eigenvalue weighted by molar-refractivity contribution is 7.18. The van der Waals surface area contributed by atoms with Gasteiger partial charge in [0.25, 0.3) is 0 Å². The predicted octanol–water partition coefficient (Wildman–Crippen LogP) is 4.99. The lowest BCUT2D eigenvalue weighted by atomic mass is 9.96. The van der Waals surface area contributed by atoms with Crippen molar-refractivity contribution in [1.29, 1.82) is 0 Å². The monoisotopic (exact) mass is 357 g/mol. The van der Waals surface area contributed by atoms with Crippen molar-refractivity contribution in [3.8, 4) is 0 Å². The topological polar surface area (TPSA) is 29.5 Å². The maximum absolute atomic E-state index is 11.8. The van der Waals surface area contributed by atoms with E-state index in [9.17, 15) is 4.79 Å². The summed E-state index contributed by atoms with van der Waals surface area (Å²) in [6.07, 6.45) is 1.57. The lowest BCUT2D eigenvalue weighted by molar-refractivity contribution is -0.148. The van der Waals surface area contributed by atoms with Crippen molar-refractivity contribution in [1.82, 2.24) is 0 Å². The molecule has 1 aromatic carbocycles. The van der Waals surface area contributed by atoms with Crippen molar-refractivity contribution >= 4 is 56.3 Å². The fourth-order valence-corrected chi connectivity index (χ4v) is 4.36. The van der Waals surface area contributed by atoms with Crippen LogP contribution in [0.15, 0.2) is 17.5 Å². The Kier molecular flexibility index (Phi) is 4.81. The van der Waals surface area contributed by atoms with Gasteiger partial charge in [0.15, 0.2) is 0 Å². The van der Waals surface area contributed by atoms with Crippen LogP contribution in [-0.2, 0) is 9.53 Å². The van der Waals surface area contributed by atoms with Gasteiger partial charge in [-0.1, -0.05) is 23.2 Å². The van der Waals surface area contributed by atoms with Crippen molar-refractivity contribution in [3.63, 3.8) is 0 Å². The van der Waals surface area contributed by atoms with E-state index >= 15 is 0 Å². The second-order valence-electron chi connectivity index (χ2n) is 5.38. The Morgan fingerprint density at radius 2 is 2.09 bits per heavy atom. The maximum atomic E-state index is 11.8. The Hall–Kier alpha value is -0.970. The first kappa shape index (κ1) is 15.9. The van der Waals surface area contributed by atoms with Gasteiger partial charge < -0.3 is 9.64 Å². The van der Waals surface area contributed by atoms with Gasteiger partial charge in [0.05, 0.1) is 33.0 Å². The first-order valence-electron chi connectivity index (χ1n) is 7.38. The number of nitrogens with zero attached hydrogens (tertiary/aromatic N) is 1. The molecule has 0 bridgehead atoms. The molecule has 3 rings (SSSR count). The largest absolute Gasteiger partial charge is 0.466 e. The second kappa shape index (κ2) is 6.65. The molecule has 22 heavy (non-hydrogen) atoms. The number of ether oxygens (including phenoxy) is 1. The lowest BCUT2D eigenvalue weighted by Gasteiger charge is -2.33. The zero-order valence-corrected chi connectivity index (χ0v) is 14.6. The van der Waals surface area contributed by atoms with Crippen molar-refractivity contribution in [2.75, 3.05) is 24.6 Å². The number of piperidine rings is 1. The minimum Gasteiger partial charge on any atom is -0.466 e. The summed E-state index contributed by atoms with van der Waals surface area (Å²) in [5, 5.41) is 4.36. The number of halogens is 2. The Balaban J connectivity index is 1.79. The smallest absolute Gasteiger partial charge is 0.309 e. The summed E-state index contributed by atoms with van der Waals surface area (Å²) in [4.78, 5) is 14.0. The van der Waals surface area contributed by atoms with Crippen LogP contribution in [-0.4, -0.2) is 25.7 Å². The molecule has 0 amide bonds. The van der Waals surface area contributed by atoms with Gasteiger partial charge in [-0.05, 0) is 42.7 Å². The molecule has 0 N–H and O–H groups in total. The molecule has 3 nitrogen and oxygen atoms in total. The number of anilines is 1. The number of thiophene rings is 1. The Bertz CT molecular complexity index is 693. The number of esters is 1. The van der Waals surface area contributed by atoms with Crippen molar-refractivity contribution in [3.05, 3.63) is 27.6 Å². The molecule has 2 heterocycles. The lowest BCUT2D eigenvalue weighted by Crippen LogP contribution is -2.37. The molecular weight excluding hydrogens is 341 g/mol.